The summed E-state index contributed by atoms with van der Waals surface area (Å²) in [5.41, 5.74) is 3.58. The Morgan fingerprint density at radius 2 is 1.77 bits per heavy atom. The van der Waals surface area contributed by atoms with Gasteiger partial charge in [0.05, 0.1) is 18.8 Å². The van der Waals surface area contributed by atoms with Crippen molar-refractivity contribution in [3.63, 3.8) is 0 Å². The van der Waals surface area contributed by atoms with Crippen LogP contribution in [-0.2, 0) is 22.4 Å². The maximum absolute atomic E-state index is 11.4. The Labute approximate surface area is 183 Å². The van der Waals surface area contributed by atoms with Crippen molar-refractivity contribution in [3.05, 3.63) is 64.7 Å². The van der Waals surface area contributed by atoms with Crippen LogP contribution < -0.4 is 4.74 Å². The zero-order chi connectivity index (χ0) is 21.5. The van der Waals surface area contributed by atoms with Crippen LogP contribution in [0.5, 0.6) is 5.75 Å². The molecule has 2 bridgehead atoms. The summed E-state index contributed by atoms with van der Waals surface area (Å²) in [7, 11) is 0. The van der Waals surface area contributed by atoms with Crippen molar-refractivity contribution in [1.82, 2.24) is 4.90 Å². The van der Waals surface area contributed by atoms with Gasteiger partial charge in [0.25, 0.3) is 0 Å². The van der Waals surface area contributed by atoms with Crippen LogP contribution >= 0.6 is 0 Å². The first kappa shape index (κ1) is 21.8. The van der Waals surface area contributed by atoms with E-state index < -0.39 is 5.97 Å². The highest BCUT2D eigenvalue weighted by Gasteiger charge is 2.18. The molecule has 1 saturated heterocycles. The van der Waals surface area contributed by atoms with Crippen molar-refractivity contribution in [2.45, 2.75) is 25.8 Å². The normalized spacial score (nSPS) is 19.1. The van der Waals surface area contributed by atoms with Gasteiger partial charge in [0.15, 0.2) is 0 Å². The smallest absolute Gasteiger partial charge is 0.335 e. The number of carboxylic acids is 1. The molecule has 1 fully saturated rings. The van der Waals surface area contributed by atoms with Gasteiger partial charge in [-0.05, 0) is 53.6 Å². The van der Waals surface area contributed by atoms with Gasteiger partial charge in [-0.25, -0.2) is 4.79 Å². The first-order chi connectivity index (χ1) is 15.2. The van der Waals surface area contributed by atoms with Crippen molar-refractivity contribution < 1.29 is 24.1 Å². The van der Waals surface area contributed by atoms with Gasteiger partial charge in [-0.1, -0.05) is 24.3 Å². The lowest BCUT2D eigenvalue weighted by Crippen LogP contribution is -2.34. The van der Waals surface area contributed by atoms with Gasteiger partial charge >= 0.3 is 5.97 Å². The van der Waals surface area contributed by atoms with E-state index in [4.69, 9.17) is 14.2 Å². The van der Waals surface area contributed by atoms with Crippen LogP contribution in [0, 0.1) is 5.92 Å². The fraction of sp³-hybridized carbons (Fsp3) is 0.480. The maximum Gasteiger partial charge on any atom is 0.335 e. The summed E-state index contributed by atoms with van der Waals surface area (Å²) < 4.78 is 17.3. The Kier molecular flexibility index (Phi) is 7.57. The molecule has 0 unspecified atom stereocenters. The van der Waals surface area contributed by atoms with Crippen LogP contribution in [0.1, 0.15) is 39.9 Å². The highest BCUT2D eigenvalue weighted by Crippen LogP contribution is 2.25. The van der Waals surface area contributed by atoms with E-state index in [1.54, 1.807) is 18.2 Å². The van der Waals surface area contributed by atoms with E-state index in [0.717, 1.165) is 62.6 Å². The minimum absolute atomic E-state index is 0.276. The van der Waals surface area contributed by atoms with Crippen molar-refractivity contribution in [1.29, 1.82) is 0 Å². The van der Waals surface area contributed by atoms with Gasteiger partial charge in [0, 0.05) is 39.3 Å². The summed E-state index contributed by atoms with van der Waals surface area (Å²) in [4.78, 5) is 13.9. The Morgan fingerprint density at radius 1 is 0.968 bits per heavy atom. The predicted molar refractivity (Wildman–Crippen MR) is 118 cm³/mol. The van der Waals surface area contributed by atoms with Crippen molar-refractivity contribution >= 4 is 5.97 Å². The fourth-order valence-corrected chi connectivity index (χ4v) is 4.34. The molecule has 0 radical (unpaired) electrons. The van der Waals surface area contributed by atoms with Crippen LogP contribution in [0.2, 0.25) is 0 Å². The summed E-state index contributed by atoms with van der Waals surface area (Å²) in [6.45, 7) is 6.16. The predicted octanol–water partition coefficient (Wildman–Crippen LogP) is 3.61. The number of carbonyl (C=O) groups is 1. The molecule has 2 aromatic carbocycles. The highest BCUT2D eigenvalue weighted by atomic mass is 16.5. The molecule has 31 heavy (non-hydrogen) atoms. The van der Waals surface area contributed by atoms with E-state index in [2.05, 4.69) is 29.2 Å². The Bertz CT molecular complexity index is 878. The highest BCUT2D eigenvalue weighted by molar-refractivity contribution is 5.88. The molecule has 0 amide bonds. The zero-order valence-electron chi connectivity index (χ0n) is 17.9. The minimum atomic E-state index is -0.928. The van der Waals surface area contributed by atoms with Gasteiger partial charge in [0.2, 0.25) is 0 Å². The summed E-state index contributed by atoms with van der Waals surface area (Å²) in [5, 5.41) is 9.39. The van der Waals surface area contributed by atoms with Gasteiger partial charge < -0.3 is 19.3 Å². The molecule has 0 saturated carbocycles. The molecule has 166 valence electrons. The quantitative estimate of drug-likeness (QED) is 0.810. The van der Waals surface area contributed by atoms with Gasteiger partial charge in [-0.15, -0.1) is 0 Å². The summed E-state index contributed by atoms with van der Waals surface area (Å²) in [6.07, 6.45) is 2.87. The maximum atomic E-state index is 11.4. The SMILES string of the molecule is O=C(O)c1ccc2c(c1)Cc1cccc(c1)CN(CC1CCOCC1)CCOCCO2. The molecular weight excluding hydrogens is 394 g/mol. The molecule has 6 nitrogen and oxygen atoms in total. The van der Waals surface area contributed by atoms with Gasteiger partial charge in [-0.2, -0.15) is 0 Å². The second-order valence-electron chi connectivity index (χ2n) is 8.38. The van der Waals surface area contributed by atoms with Crippen LogP contribution in [-0.4, -0.2) is 62.1 Å². The Morgan fingerprint density at radius 3 is 2.61 bits per heavy atom. The number of hydrogen-bond acceptors (Lipinski definition) is 5. The van der Waals surface area contributed by atoms with E-state index >= 15 is 0 Å². The lowest BCUT2D eigenvalue weighted by Gasteiger charge is -2.30. The molecule has 2 aliphatic heterocycles. The Balaban J connectivity index is 1.55. The molecule has 0 spiro atoms. The molecule has 0 aromatic heterocycles. The number of fused-ring (bicyclic) bond motifs is 3. The second-order valence-corrected chi connectivity index (χ2v) is 8.38. The molecule has 0 atom stereocenters. The third-order valence-corrected chi connectivity index (χ3v) is 5.99. The number of nitrogens with zero attached hydrogens (tertiary/aromatic N) is 1. The van der Waals surface area contributed by atoms with Crippen LogP contribution in [0.3, 0.4) is 0 Å². The second kappa shape index (κ2) is 10.8. The molecule has 2 aromatic rings. The Hall–Kier alpha value is -2.41. The van der Waals surface area contributed by atoms with E-state index in [0.29, 0.717) is 32.2 Å². The number of aromatic carboxylic acids is 1. The van der Waals surface area contributed by atoms with Crippen LogP contribution in [0.15, 0.2) is 42.5 Å². The molecule has 1 N–H and O–H groups in total. The van der Waals surface area contributed by atoms with Crippen molar-refractivity contribution in [2.24, 2.45) is 5.92 Å². The fourth-order valence-electron chi connectivity index (χ4n) is 4.34. The van der Waals surface area contributed by atoms with E-state index in [1.165, 1.54) is 5.56 Å². The third-order valence-electron chi connectivity index (χ3n) is 5.99. The van der Waals surface area contributed by atoms with E-state index in [9.17, 15) is 9.90 Å². The summed E-state index contributed by atoms with van der Waals surface area (Å²) in [6, 6.07) is 13.6. The molecule has 4 rings (SSSR count). The number of ether oxygens (including phenoxy) is 3. The number of carboxylic acid groups (broad SMARTS) is 1. The molecule has 0 aliphatic carbocycles. The number of hydrogen-bond donors (Lipinski definition) is 1. The van der Waals surface area contributed by atoms with Crippen molar-refractivity contribution in [2.75, 3.05) is 46.1 Å². The van der Waals surface area contributed by atoms with E-state index in [1.807, 2.05) is 0 Å². The standard InChI is InChI=1S/C25H31NO5/c27-25(28)22-4-5-24-23(16-22)15-20-2-1-3-21(14-20)18-26(8-11-30-12-13-31-24)17-19-6-9-29-10-7-19/h1-5,14,16,19H,6-13,15,17-18H2,(H,27,28). The lowest BCUT2D eigenvalue weighted by atomic mass is 9.98. The van der Waals surface area contributed by atoms with Crippen LogP contribution in [0.25, 0.3) is 0 Å². The summed E-state index contributed by atoms with van der Waals surface area (Å²) in [5.74, 6) is 0.459. The monoisotopic (exact) mass is 425 g/mol. The third kappa shape index (κ3) is 6.29. The topological polar surface area (TPSA) is 68.2 Å². The number of benzene rings is 2. The zero-order valence-corrected chi connectivity index (χ0v) is 17.9. The number of rotatable bonds is 3. The lowest BCUT2D eigenvalue weighted by molar-refractivity contribution is 0.0395. The first-order valence-corrected chi connectivity index (χ1v) is 11.1. The molecule has 2 aliphatic rings. The van der Waals surface area contributed by atoms with Crippen LogP contribution in [0.4, 0.5) is 0 Å². The van der Waals surface area contributed by atoms with E-state index in [-0.39, 0.29) is 5.56 Å². The largest absolute Gasteiger partial charge is 0.491 e. The molecule has 2 heterocycles. The average Bonchev–Trinajstić information content (AvgIpc) is 2.77. The first-order valence-electron chi connectivity index (χ1n) is 11.1. The molecule has 6 heteroatoms. The average molecular weight is 426 g/mol. The summed E-state index contributed by atoms with van der Waals surface area (Å²) >= 11 is 0. The van der Waals surface area contributed by atoms with Gasteiger partial charge in [0.1, 0.15) is 12.4 Å². The molecular formula is C25H31NO5. The van der Waals surface area contributed by atoms with Gasteiger partial charge in [-0.3, -0.25) is 4.90 Å². The minimum Gasteiger partial charge on any atom is -0.491 e. The van der Waals surface area contributed by atoms with Crippen molar-refractivity contribution in [3.8, 4) is 5.75 Å².